The van der Waals surface area contributed by atoms with Crippen LogP contribution in [0.4, 0.5) is 0 Å². The molecule has 6 N–H and O–H groups in total. The van der Waals surface area contributed by atoms with E-state index >= 15 is 0 Å². The van der Waals surface area contributed by atoms with E-state index in [1.807, 2.05) is 32.6 Å². The summed E-state index contributed by atoms with van der Waals surface area (Å²) in [5.41, 5.74) is 11.9. The molecule has 0 aliphatic heterocycles. The summed E-state index contributed by atoms with van der Waals surface area (Å²) in [4.78, 5) is 38.9. The third-order valence-corrected chi connectivity index (χ3v) is 5.78. The van der Waals surface area contributed by atoms with Crippen molar-refractivity contribution in [2.75, 3.05) is 26.2 Å². The maximum absolute atomic E-state index is 12.8. The van der Waals surface area contributed by atoms with Crippen LogP contribution in [0.3, 0.4) is 0 Å². The number of carbonyl (C=O) groups excluding carboxylic acids is 3. The summed E-state index contributed by atoms with van der Waals surface area (Å²) < 4.78 is 0. The number of unbranched alkanes of at least 4 members (excludes halogenated alkanes) is 4. The van der Waals surface area contributed by atoms with E-state index in [0.717, 1.165) is 19.3 Å². The first kappa shape index (κ1) is 32.3. The van der Waals surface area contributed by atoms with E-state index < -0.39 is 12.1 Å². The number of hydrogen-bond acceptors (Lipinski definition) is 5. The number of hydrogen-bond donors (Lipinski definition) is 4. The second kappa shape index (κ2) is 19.6. The van der Waals surface area contributed by atoms with Crippen LogP contribution in [0.1, 0.15) is 98.8 Å². The SMILES string of the molecule is CCCCCCCC(=O)N(CCCNC(=O)[C@H](N)CC(C)C)CCCNC(=O)[C@H](N)CC(C)C. The molecule has 200 valence electrons. The lowest BCUT2D eigenvalue weighted by Crippen LogP contribution is -2.43. The van der Waals surface area contributed by atoms with E-state index in [1.165, 1.54) is 12.8 Å². The van der Waals surface area contributed by atoms with Gasteiger partial charge in [0.1, 0.15) is 0 Å². The fourth-order valence-electron chi connectivity index (χ4n) is 3.85. The van der Waals surface area contributed by atoms with E-state index in [0.29, 0.717) is 70.1 Å². The summed E-state index contributed by atoms with van der Waals surface area (Å²) in [5, 5.41) is 5.77. The van der Waals surface area contributed by atoms with Gasteiger partial charge in [0.05, 0.1) is 12.1 Å². The normalized spacial score (nSPS) is 13.1. The second-order valence-electron chi connectivity index (χ2n) is 10.3. The monoisotopic (exact) mass is 483 g/mol. The van der Waals surface area contributed by atoms with Gasteiger partial charge in [-0.2, -0.15) is 0 Å². The van der Waals surface area contributed by atoms with Gasteiger partial charge in [-0.05, 0) is 43.9 Å². The average molecular weight is 484 g/mol. The van der Waals surface area contributed by atoms with Gasteiger partial charge >= 0.3 is 0 Å². The molecule has 0 bridgehead atoms. The van der Waals surface area contributed by atoms with Gasteiger partial charge in [0.2, 0.25) is 17.7 Å². The standard InChI is InChI=1S/C26H53N5O3/c1-6-7-8-9-10-13-24(32)31(16-11-14-29-25(33)22(27)18-20(2)3)17-12-15-30-26(34)23(28)19-21(4)5/h20-23H,6-19,27-28H2,1-5H3,(H,29,33)(H,30,34)/t22-,23-/m1/s1. The molecule has 0 unspecified atom stereocenters. The highest BCUT2D eigenvalue weighted by atomic mass is 16.2. The van der Waals surface area contributed by atoms with E-state index in [9.17, 15) is 14.4 Å². The van der Waals surface area contributed by atoms with Crippen LogP contribution in [-0.4, -0.2) is 60.9 Å². The van der Waals surface area contributed by atoms with Crippen LogP contribution in [-0.2, 0) is 14.4 Å². The summed E-state index contributed by atoms with van der Waals surface area (Å²) in [6, 6.07) is -0.988. The van der Waals surface area contributed by atoms with Crippen molar-refractivity contribution in [3.05, 3.63) is 0 Å². The van der Waals surface area contributed by atoms with E-state index in [4.69, 9.17) is 11.5 Å². The molecule has 0 saturated heterocycles. The molecule has 3 amide bonds. The minimum Gasteiger partial charge on any atom is -0.355 e. The lowest BCUT2D eigenvalue weighted by Gasteiger charge is -2.24. The third kappa shape index (κ3) is 16.9. The van der Waals surface area contributed by atoms with Crippen molar-refractivity contribution in [2.45, 2.75) is 111 Å². The minimum absolute atomic E-state index is 0.136. The molecule has 0 aromatic carbocycles. The Bertz CT molecular complexity index is 533. The molecule has 0 saturated carbocycles. The number of rotatable bonds is 20. The van der Waals surface area contributed by atoms with Crippen LogP contribution in [0.5, 0.6) is 0 Å². The predicted molar refractivity (Wildman–Crippen MR) is 140 cm³/mol. The summed E-state index contributed by atoms with van der Waals surface area (Å²) in [7, 11) is 0. The van der Waals surface area contributed by atoms with Crippen molar-refractivity contribution < 1.29 is 14.4 Å². The first-order valence-electron chi connectivity index (χ1n) is 13.4. The molecule has 0 aromatic rings. The highest BCUT2D eigenvalue weighted by Crippen LogP contribution is 2.08. The minimum atomic E-state index is -0.494. The molecule has 8 heteroatoms. The molecular weight excluding hydrogens is 430 g/mol. The first-order chi connectivity index (χ1) is 16.1. The Balaban J connectivity index is 4.52. The molecule has 34 heavy (non-hydrogen) atoms. The maximum atomic E-state index is 12.8. The first-order valence-corrected chi connectivity index (χ1v) is 13.4. The van der Waals surface area contributed by atoms with Crippen molar-refractivity contribution in [2.24, 2.45) is 23.3 Å². The largest absolute Gasteiger partial charge is 0.355 e. The number of carbonyl (C=O) groups is 3. The Labute approximate surface area is 208 Å². The van der Waals surface area contributed by atoms with Crippen LogP contribution in [0.25, 0.3) is 0 Å². The summed E-state index contributed by atoms with van der Waals surface area (Å²) in [5.74, 6) is 0.603. The zero-order valence-corrected chi connectivity index (χ0v) is 22.5. The van der Waals surface area contributed by atoms with Gasteiger partial charge in [0, 0.05) is 32.6 Å². The molecule has 8 nitrogen and oxygen atoms in total. The van der Waals surface area contributed by atoms with E-state index in [1.54, 1.807) is 0 Å². The van der Waals surface area contributed by atoms with Gasteiger partial charge in [0.25, 0.3) is 0 Å². The highest BCUT2D eigenvalue weighted by Gasteiger charge is 2.17. The Morgan fingerprint density at radius 2 is 1.15 bits per heavy atom. The average Bonchev–Trinajstić information content (AvgIpc) is 2.76. The summed E-state index contributed by atoms with van der Waals surface area (Å²) in [6.07, 6.45) is 8.71. The van der Waals surface area contributed by atoms with Crippen molar-refractivity contribution >= 4 is 17.7 Å². The van der Waals surface area contributed by atoms with Gasteiger partial charge in [0.15, 0.2) is 0 Å². The fraction of sp³-hybridized carbons (Fsp3) is 0.885. The Morgan fingerprint density at radius 1 is 0.706 bits per heavy atom. The molecule has 0 heterocycles. The van der Waals surface area contributed by atoms with Crippen molar-refractivity contribution in [1.82, 2.24) is 15.5 Å². The Kier molecular flexibility index (Phi) is 18.7. The number of nitrogens with zero attached hydrogens (tertiary/aromatic N) is 1. The van der Waals surface area contributed by atoms with Crippen molar-refractivity contribution in [1.29, 1.82) is 0 Å². The molecule has 0 radical (unpaired) electrons. The number of nitrogens with one attached hydrogen (secondary N) is 2. The van der Waals surface area contributed by atoms with Crippen LogP contribution < -0.4 is 22.1 Å². The van der Waals surface area contributed by atoms with E-state index in [-0.39, 0.29) is 17.7 Å². The quantitative estimate of drug-likeness (QED) is 0.198. The smallest absolute Gasteiger partial charge is 0.236 e. The molecular formula is C26H53N5O3. The highest BCUT2D eigenvalue weighted by molar-refractivity contribution is 5.81. The lowest BCUT2D eigenvalue weighted by atomic mass is 10.0. The molecule has 0 aliphatic rings. The Hall–Kier alpha value is -1.67. The predicted octanol–water partition coefficient (Wildman–Crippen LogP) is 2.93. The molecule has 2 atom stereocenters. The Morgan fingerprint density at radius 3 is 1.56 bits per heavy atom. The van der Waals surface area contributed by atoms with Gasteiger partial charge in [-0.3, -0.25) is 14.4 Å². The topological polar surface area (TPSA) is 131 Å². The van der Waals surface area contributed by atoms with Crippen molar-refractivity contribution in [3.63, 3.8) is 0 Å². The number of amides is 3. The van der Waals surface area contributed by atoms with Crippen LogP contribution in [0.2, 0.25) is 0 Å². The number of nitrogens with two attached hydrogens (primary N) is 2. The zero-order chi connectivity index (χ0) is 25.9. The van der Waals surface area contributed by atoms with Gasteiger partial charge < -0.3 is 27.0 Å². The molecule has 0 spiro atoms. The van der Waals surface area contributed by atoms with Crippen LogP contribution in [0.15, 0.2) is 0 Å². The fourth-order valence-corrected chi connectivity index (χ4v) is 3.85. The van der Waals surface area contributed by atoms with E-state index in [2.05, 4.69) is 17.6 Å². The molecule has 0 fully saturated rings. The molecule has 0 aromatic heterocycles. The van der Waals surface area contributed by atoms with Crippen molar-refractivity contribution in [3.8, 4) is 0 Å². The second-order valence-corrected chi connectivity index (χ2v) is 10.3. The van der Waals surface area contributed by atoms with Crippen LogP contribution in [0, 0.1) is 11.8 Å². The lowest BCUT2D eigenvalue weighted by molar-refractivity contribution is -0.131. The molecule has 0 rings (SSSR count). The summed E-state index contributed by atoms with van der Waals surface area (Å²) in [6.45, 7) is 12.5. The van der Waals surface area contributed by atoms with Gasteiger partial charge in [-0.25, -0.2) is 0 Å². The third-order valence-electron chi connectivity index (χ3n) is 5.78. The summed E-state index contributed by atoms with van der Waals surface area (Å²) >= 11 is 0. The maximum Gasteiger partial charge on any atom is 0.236 e. The van der Waals surface area contributed by atoms with Gasteiger partial charge in [-0.15, -0.1) is 0 Å². The van der Waals surface area contributed by atoms with Gasteiger partial charge in [-0.1, -0.05) is 60.3 Å². The zero-order valence-electron chi connectivity index (χ0n) is 22.5. The molecule has 0 aliphatic carbocycles. The van der Waals surface area contributed by atoms with Crippen LogP contribution >= 0.6 is 0 Å².